The maximum Gasteiger partial charge on any atom is 0.223 e. The van der Waals surface area contributed by atoms with Crippen LogP contribution in [-0.2, 0) is 4.79 Å². The maximum absolute atomic E-state index is 11.0. The van der Waals surface area contributed by atoms with Crippen LogP contribution in [0, 0.1) is 0 Å². The minimum absolute atomic E-state index is 0.140. The fraction of sp³-hybridized carbons (Fsp3) is 0.231. The molecule has 0 spiro atoms. The van der Waals surface area contributed by atoms with Gasteiger partial charge in [-0.2, -0.15) is 0 Å². The zero-order valence-corrected chi connectivity index (χ0v) is 11.7. The van der Waals surface area contributed by atoms with Crippen molar-refractivity contribution >= 4 is 22.4 Å². The average molecular weight is 278 g/mol. The summed E-state index contributed by atoms with van der Waals surface area (Å²) in [6.45, 7) is 1.45. The van der Waals surface area contributed by atoms with Gasteiger partial charge in [0.25, 0.3) is 0 Å². The number of nitrogens with one attached hydrogen (secondary N) is 1. The Morgan fingerprint density at radius 3 is 2.74 bits per heavy atom. The zero-order valence-electron chi connectivity index (χ0n) is 10.9. The largest absolute Gasteiger partial charge is 0.497 e. The Kier molecular flexibility index (Phi) is 4.01. The van der Waals surface area contributed by atoms with Gasteiger partial charge >= 0.3 is 0 Å². The van der Waals surface area contributed by atoms with E-state index in [1.807, 2.05) is 23.6 Å². The van der Waals surface area contributed by atoms with Crippen molar-refractivity contribution in [3.8, 4) is 22.8 Å². The summed E-state index contributed by atoms with van der Waals surface area (Å²) in [6, 6.07) is 5.50. The second-order valence-corrected chi connectivity index (χ2v) is 4.64. The lowest BCUT2D eigenvalue weighted by Crippen LogP contribution is -2.05. The van der Waals surface area contributed by atoms with Crippen molar-refractivity contribution in [3.63, 3.8) is 0 Å². The predicted octanol–water partition coefficient (Wildman–Crippen LogP) is 2.79. The molecule has 0 aliphatic rings. The van der Waals surface area contributed by atoms with Crippen LogP contribution in [0.1, 0.15) is 6.92 Å². The second kappa shape index (κ2) is 5.71. The van der Waals surface area contributed by atoms with Crippen LogP contribution in [0.4, 0.5) is 5.13 Å². The van der Waals surface area contributed by atoms with Crippen molar-refractivity contribution in [2.75, 3.05) is 19.5 Å². The molecule has 0 aliphatic heterocycles. The second-order valence-electron chi connectivity index (χ2n) is 3.79. The third-order valence-electron chi connectivity index (χ3n) is 2.47. The first-order valence-electron chi connectivity index (χ1n) is 5.59. The summed E-state index contributed by atoms with van der Waals surface area (Å²) in [5.41, 5.74) is 1.57. The third kappa shape index (κ3) is 3.03. The molecule has 0 aliphatic carbocycles. The maximum atomic E-state index is 11.0. The highest BCUT2D eigenvalue weighted by Crippen LogP contribution is 2.34. The van der Waals surface area contributed by atoms with Gasteiger partial charge in [-0.15, -0.1) is 11.3 Å². The molecular weight excluding hydrogens is 264 g/mol. The Bertz CT molecular complexity index is 595. The van der Waals surface area contributed by atoms with Crippen LogP contribution in [0.15, 0.2) is 23.6 Å². The molecule has 1 N–H and O–H groups in total. The molecule has 0 unspecified atom stereocenters. The number of methoxy groups -OCH3 is 2. The number of benzene rings is 1. The van der Waals surface area contributed by atoms with E-state index in [9.17, 15) is 4.79 Å². The van der Waals surface area contributed by atoms with E-state index >= 15 is 0 Å². The summed E-state index contributed by atoms with van der Waals surface area (Å²) in [5.74, 6) is 1.30. The Morgan fingerprint density at radius 2 is 2.11 bits per heavy atom. The summed E-state index contributed by atoms with van der Waals surface area (Å²) in [5, 5.41) is 5.08. The Labute approximate surface area is 115 Å². The highest BCUT2D eigenvalue weighted by molar-refractivity contribution is 7.14. The van der Waals surface area contributed by atoms with Crippen molar-refractivity contribution in [2.24, 2.45) is 0 Å². The molecule has 1 amide bonds. The number of hydrogen-bond donors (Lipinski definition) is 1. The molecule has 19 heavy (non-hydrogen) atoms. The molecule has 0 atom stereocenters. The number of thiazole rings is 1. The van der Waals surface area contributed by atoms with Crippen LogP contribution in [0.2, 0.25) is 0 Å². The highest BCUT2D eigenvalue weighted by Gasteiger charge is 2.11. The van der Waals surface area contributed by atoms with Gasteiger partial charge in [0, 0.05) is 17.9 Å². The Morgan fingerprint density at radius 1 is 1.32 bits per heavy atom. The van der Waals surface area contributed by atoms with E-state index < -0.39 is 0 Å². The van der Waals surface area contributed by atoms with Crippen LogP contribution in [0.25, 0.3) is 11.3 Å². The van der Waals surface area contributed by atoms with Crippen LogP contribution < -0.4 is 14.8 Å². The van der Waals surface area contributed by atoms with E-state index in [-0.39, 0.29) is 5.91 Å². The minimum atomic E-state index is -0.140. The van der Waals surface area contributed by atoms with Crippen LogP contribution in [-0.4, -0.2) is 25.1 Å². The van der Waals surface area contributed by atoms with Crippen LogP contribution >= 0.6 is 11.3 Å². The number of carbonyl (C=O) groups excluding carboxylic acids is 1. The van der Waals surface area contributed by atoms with E-state index in [2.05, 4.69) is 10.3 Å². The van der Waals surface area contributed by atoms with Crippen molar-refractivity contribution < 1.29 is 14.3 Å². The van der Waals surface area contributed by atoms with Crippen LogP contribution in [0.5, 0.6) is 11.5 Å². The number of rotatable bonds is 4. The molecule has 2 rings (SSSR count). The number of nitrogens with zero attached hydrogens (tertiary/aromatic N) is 1. The van der Waals surface area contributed by atoms with E-state index in [0.717, 1.165) is 17.0 Å². The lowest BCUT2D eigenvalue weighted by Gasteiger charge is -2.08. The lowest BCUT2D eigenvalue weighted by molar-refractivity contribution is -0.114. The molecule has 2 aromatic rings. The van der Waals surface area contributed by atoms with E-state index in [0.29, 0.717) is 10.9 Å². The summed E-state index contributed by atoms with van der Waals surface area (Å²) in [7, 11) is 3.21. The normalized spacial score (nSPS) is 10.1. The number of carbonyl (C=O) groups is 1. The smallest absolute Gasteiger partial charge is 0.223 e. The number of hydrogen-bond acceptors (Lipinski definition) is 5. The highest BCUT2D eigenvalue weighted by atomic mass is 32.1. The van der Waals surface area contributed by atoms with Gasteiger partial charge in [0.05, 0.1) is 19.9 Å². The van der Waals surface area contributed by atoms with Crippen molar-refractivity contribution in [1.29, 1.82) is 0 Å². The molecule has 100 valence electrons. The minimum Gasteiger partial charge on any atom is -0.497 e. The van der Waals surface area contributed by atoms with Crippen LogP contribution in [0.3, 0.4) is 0 Å². The topological polar surface area (TPSA) is 60.5 Å². The summed E-state index contributed by atoms with van der Waals surface area (Å²) >= 11 is 1.37. The van der Waals surface area contributed by atoms with E-state index in [4.69, 9.17) is 9.47 Å². The average Bonchev–Trinajstić information content (AvgIpc) is 2.85. The van der Waals surface area contributed by atoms with Crippen molar-refractivity contribution in [1.82, 2.24) is 4.98 Å². The fourth-order valence-electron chi connectivity index (χ4n) is 1.62. The number of ether oxygens (including phenoxy) is 2. The standard InChI is InChI=1S/C13H14N2O3S/c1-8(16)14-13-15-11(7-19-13)10-6-9(17-2)4-5-12(10)18-3/h4-7H,1-3H3,(H,14,15,16). The molecule has 0 radical (unpaired) electrons. The Balaban J connectivity index is 2.39. The molecule has 1 aromatic carbocycles. The third-order valence-corrected chi connectivity index (χ3v) is 3.23. The van der Waals surface area contributed by atoms with Gasteiger partial charge in [-0.1, -0.05) is 0 Å². The van der Waals surface area contributed by atoms with Crippen molar-refractivity contribution in [2.45, 2.75) is 6.92 Å². The molecule has 6 heteroatoms. The monoisotopic (exact) mass is 278 g/mol. The SMILES string of the molecule is COc1ccc(OC)c(-c2csc(NC(C)=O)n2)c1. The molecule has 1 aromatic heterocycles. The predicted molar refractivity (Wildman–Crippen MR) is 75.0 cm³/mol. The molecule has 0 bridgehead atoms. The zero-order chi connectivity index (χ0) is 13.8. The van der Waals surface area contributed by atoms with Gasteiger partial charge in [0.2, 0.25) is 5.91 Å². The quantitative estimate of drug-likeness (QED) is 0.934. The first-order valence-corrected chi connectivity index (χ1v) is 6.47. The van der Waals surface area contributed by atoms with Gasteiger partial charge in [0.15, 0.2) is 5.13 Å². The van der Waals surface area contributed by atoms with Gasteiger partial charge in [0.1, 0.15) is 11.5 Å². The number of aromatic nitrogens is 1. The van der Waals surface area contributed by atoms with Gasteiger partial charge in [-0.3, -0.25) is 4.79 Å². The molecule has 0 saturated carbocycles. The fourth-order valence-corrected chi connectivity index (χ4v) is 2.38. The molecule has 0 fully saturated rings. The molecule has 1 heterocycles. The lowest BCUT2D eigenvalue weighted by atomic mass is 10.1. The summed E-state index contributed by atoms with van der Waals surface area (Å²) in [6.07, 6.45) is 0. The van der Waals surface area contributed by atoms with Gasteiger partial charge in [-0.05, 0) is 18.2 Å². The first kappa shape index (κ1) is 13.4. The first-order chi connectivity index (χ1) is 9.13. The van der Waals surface area contributed by atoms with E-state index in [1.54, 1.807) is 14.2 Å². The molecular formula is C13H14N2O3S. The number of anilines is 1. The van der Waals surface area contributed by atoms with Gasteiger partial charge < -0.3 is 14.8 Å². The summed E-state index contributed by atoms with van der Waals surface area (Å²) < 4.78 is 10.5. The molecule has 0 saturated heterocycles. The van der Waals surface area contributed by atoms with E-state index in [1.165, 1.54) is 18.3 Å². The van der Waals surface area contributed by atoms with Gasteiger partial charge in [-0.25, -0.2) is 4.98 Å². The summed E-state index contributed by atoms with van der Waals surface area (Å²) in [4.78, 5) is 15.3. The van der Waals surface area contributed by atoms with Crippen molar-refractivity contribution in [3.05, 3.63) is 23.6 Å². The number of amides is 1. The molecule has 5 nitrogen and oxygen atoms in total. The Hall–Kier alpha value is -2.08.